The molecule has 21 heavy (non-hydrogen) atoms. The van der Waals surface area contributed by atoms with E-state index in [0.717, 1.165) is 38.4 Å². The molecule has 2 unspecified atom stereocenters. The average molecular weight is 294 g/mol. The van der Waals surface area contributed by atoms with E-state index in [1.54, 1.807) is 0 Å². The molecule has 1 aliphatic rings. The van der Waals surface area contributed by atoms with E-state index in [1.165, 1.54) is 6.42 Å². The Labute approximate surface area is 128 Å². The Morgan fingerprint density at radius 1 is 1.48 bits per heavy atom. The maximum atomic E-state index is 6.00. The van der Waals surface area contributed by atoms with E-state index in [2.05, 4.69) is 48.3 Å². The molecule has 0 spiro atoms. The van der Waals surface area contributed by atoms with Crippen LogP contribution in [0.15, 0.2) is 12.3 Å². The molecule has 5 heteroatoms. The minimum absolute atomic E-state index is 0.250. The normalized spacial score (nSPS) is 21.9. The first-order valence-corrected chi connectivity index (χ1v) is 8.19. The van der Waals surface area contributed by atoms with Crippen molar-refractivity contribution in [3.05, 3.63) is 18.0 Å². The van der Waals surface area contributed by atoms with Crippen LogP contribution in [0.4, 0.5) is 0 Å². The molecule has 0 saturated carbocycles. The fourth-order valence-corrected chi connectivity index (χ4v) is 2.91. The summed E-state index contributed by atoms with van der Waals surface area (Å²) in [6, 6.07) is 2.86. The fraction of sp³-hybridized carbons (Fsp3) is 0.812. The van der Waals surface area contributed by atoms with Crippen molar-refractivity contribution < 1.29 is 4.74 Å². The fourth-order valence-electron chi connectivity index (χ4n) is 2.91. The second-order valence-corrected chi connectivity index (χ2v) is 6.19. The Morgan fingerprint density at radius 3 is 2.90 bits per heavy atom. The van der Waals surface area contributed by atoms with Crippen LogP contribution in [0.5, 0.6) is 0 Å². The minimum atomic E-state index is 0.250. The standard InChI is InChI=1S/C16H30N4O/c1-5-7-19-9-10-21-16(12-19)15(17-4)11-14-6-8-20(18-14)13(2)3/h6,8,13,15-17H,5,7,9-12H2,1-4H3. The molecule has 1 fully saturated rings. The van der Waals surface area contributed by atoms with Gasteiger partial charge in [0.1, 0.15) is 0 Å². The highest BCUT2D eigenvalue weighted by atomic mass is 16.5. The lowest BCUT2D eigenvalue weighted by Gasteiger charge is -2.36. The van der Waals surface area contributed by atoms with Gasteiger partial charge in [-0.05, 0) is 39.9 Å². The topological polar surface area (TPSA) is 42.3 Å². The number of hydrogen-bond donors (Lipinski definition) is 1. The average Bonchev–Trinajstić information content (AvgIpc) is 2.94. The Kier molecular flexibility index (Phi) is 6.21. The largest absolute Gasteiger partial charge is 0.374 e. The van der Waals surface area contributed by atoms with Crippen molar-refractivity contribution in [2.45, 2.75) is 51.8 Å². The maximum absolute atomic E-state index is 6.00. The van der Waals surface area contributed by atoms with Gasteiger partial charge in [0.25, 0.3) is 0 Å². The molecule has 1 aliphatic heterocycles. The number of hydrogen-bond acceptors (Lipinski definition) is 4. The van der Waals surface area contributed by atoms with Crippen LogP contribution in [0.25, 0.3) is 0 Å². The van der Waals surface area contributed by atoms with Crippen molar-refractivity contribution >= 4 is 0 Å². The van der Waals surface area contributed by atoms with Crippen LogP contribution in [0.2, 0.25) is 0 Å². The third kappa shape index (κ3) is 4.53. The molecule has 0 amide bonds. The highest BCUT2D eigenvalue weighted by molar-refractivity contribution is 5.03. The zero-order chi connectivity index (χ0) is 15.2. The maximum Gasteiger partial charge on any atom is 0.0859 e. The zero-order valence-corrected chi connectivity index (χ0v) is 13.9. The Morgan fingerprint density at radius 2 is 2.29 bits per heavy atom. The van der Waals surface area contributed by atoms with Crippen molar-refractivity contribution in [1.29, 1.82) is 0 Å². The van der Waals surface area contributed by atoms with Gasteiger partial charge in [-0.15, -0.1) is 0 Å². The Balaban J connectivity index is 1.95. The summed E-state index contributed by atoms with van der Waals surface area (Å²) in [6.07, 6.45) is 4.44. The van der Waals surface area contributed by atoms with Crippen molar-refractivity contribution in [1.82, 2.24) is 20.0 Å². The number of nitrogens with one attached hydrogen (secondary N) is 1. The molecular weight excluding hydrogens is 264 g/mol. The molecule has 1 aromatic heterocycles. The lowest BCUT2D eigenvalue weighted by molar-refractivity contribution is -0.0452. The molecule has 2 heterocycles. The van der Waals surface area contributed by atoms with Gasteiger partial charge >= 0.3 is 0 Å². The highest BCUT2D eigenvalue weighted by Crippen LogP contribution is 2.14. The number of ether oxygens (including phenoxy) is 1. The molecule has 5 nitrogen and oxygen atoms in total. The summed E-state index contributed by atoms with van der Waals surface area (Å²) in [4.78, 5) is 2.51. The van der Waals surface area contributed by atoms with Gasteiger partial charge in [-0.3, -0.25) is 9.58 Å². The smallest absolute Gasteiger partial charge is 0.0859 e. The van der Waals surface area contributed by atoms with Gasteiger partial charge in [0.2, 0.25) is 0 Å². The van der Waals surface area contributed by atoms with Crippen LogP contribution in [0, 0.1) is 0 Å². The van der Waals surface area contributed by atoms with Crippen LogP contribution in [0.3, 0.4) is 0 Å². The Hall–Kier alpha value is -0.910. The van der Waals surface area contributed by atoms with E-state index in [0.29, 0.717) is 12.1 Å². The number of likely N-dealkylation sites (N-methyl/N-ethyl adjacent to an activating group) is 1. The lowest BCUT2D eigenvalue weighted by atomic mass is 10.0. The van der Waals surface area contributed by atoms with E-state index in [9.17, 15) is 0 Å². The first kappa shape index (κ1) is 16.5. The predicted octanol–water partition coefficient (Wildman–Crippen LogP) is 1.71. The first-order chi connectivity index (χ1) is 10.1. The number of rotatable bonds is 7. The van der Waals surface area contributed by atoms with E-state index in [-0.39, 0.29) is 6.10 Å². The summed E-state index contributed by atoms with van der Waals surface area (Å²) in [5.74, 6) is 0. The van der Waals surface area contributed by atoms with E-state index in [4.69, 9.17) is 4.74 Å². The molecule has 0 bridgehead atoms. The van der Waals surface area contributed by atoms with Crippen LogP contribution in [0.1, 0.15) is 38.9 Å². The van der Waals surface area contributed by atoms with Crippen LogP contribution >= 0.6 is 0 Å². The lowest BCUT2D eigenvalue weighted by Crippen LogP contribution is -2.52. The van der Waals surface area contributed by atoms with Gasteiger partial charge in [-0.1, -0.05) is 6.92 Å². The zero-order valence-electron chi connectivity index (χ0n) is 13.9. The van der Waals surface area contributed by atoms with Gasteiger partial charge in [0.15, 0.2) is 0 Å². The molecule has 1 aromatic rings. The highest BCUT2D eigenvalue weighted by Gasteiger charge is 2.27. The summed E-state index contributed by atoms with van der Waals surface area (Å²) in [6.45, 7) is 10.6. The number of morpholine rings is 1. The SMILES string of the molecule is CCCN1CCOC(C(Cc2ccn(C(C)C)n2)NC)C1. The second kappa shape index (κ2) is 7.92. The number of nitrogens with zero attached hydrogens (tertiary/aromatic N) is 3. The number of aromatic nitrogens is 2. The molecule has 2 rings (SSSR count). The van der Waals surface area contributed by atoms with Gasteiger partial charge in [-0.2, -0.15) is 5.10 Å². The third-order valence-electron chi connectivity index (χ3n) is 4.16. The molecule has 0 aromatic carbocycles. The summed E-state index contributed by atoms with van der Waals surface area (Å²) in [7, 11) is 2.02. The quantitative estimate of drug-likeness (QED) is 0.831. The van der Waals surface area contributed by atoms with Gasteiger partial charge in [0.05, 0.1) is 18.4 Å². The molecule has 1 N–H and O–H groups in total. The van der Waals surface area contributed by atoms with E-state index >= 15 is 0 Å². The van der Waals surface area contributed by atoms with Gasteiger partial charge in [-0.25, -0.2) is 0 Å². The predicted molar refractivity (Wildman–Crippen MR) is 85.6 cm³/mol. The van der Waals surface area contributed by atoms with E-state index < -0.39 is 0 Å². The molecule has 120 valence electrons. The van der Waals surface area contributed by atoms with Crippen molar-refractivity contribution in [3.8, 4) is 0 Å². The summed E-state index contributed by atoms with van der Waals surface area (Å²) < 4.78 is 8.02. The van der Waals surface area contributed by atoms with Crippen molar-refractivity contribution in [3.63, 3.8) is 0 Å². The first-order valence-electron chi connectivity index (χ1n) is 8.19. The van der Waals surface area contributed by atoms with Gasteiger partial charge < -0.3 is 10.1 Å². The van der Waals surface area contributed by atoms with Crippen molar-refractivity contribution in [2.75, 3.05) is 33.3 Å². The van der Waals surface area contributed by atoms with Crippen molar-refractivity contribution in [2.24, 2.45) is 0 Å². The summed E-state index contributed by atoms with van der Waals surface area (Å²) >= 11 is 0. The van der Waals surface area contributed by atoms with Crippen LogP contribution in [-0.4, -0.2) is 60.1 Å². The molecule has 0 radical (unpaired) electrons. The summed E-state index contributed by atoms with van der Waals surface area (Å²) in [5.41, 5.74) is 1.14. The molecular formula is C16H30N4O. The van der Waals surface area contributed by atoms with Crippen LogP contribution < -0.4 is 5.32 Å². The minimum Gasteiger partial charge on any atom is -0.374 e. The summed E-state index contributed by atoms with van der Waals surface area (Å²) in [5, 5.41) is 8.08. The third-order valence-corrected chi connectivity index (χ3v) is 4.16. The second-order valence-electron chi connectivity index (χ2n) is 6.19. The molecule has 2 atom stereocenters. The Bertz CT molecular complexity index is 416. The molecule has 1 saturated heterocycles. The van der Waals surface area contributed by atoms with E-state index in [1.807, 2.05) is 11.7 Å². The van der Waals surface area contributed by atoms with Crippen LogP contribution in [-0.2, 0) is 11.2 Å². The van der Waals surface area contributed by atoms with Gasteiger partial charge in [0, 0.05) is 37.8 Å². The molecule has 0 aliphatic carbocycles. The monoisotopic (exact) mass is 294 g/mol.